The Labute approximate surface area is 144 Å². The molecular weight excluding hydrogens is 320 g/mol. The Morgan fingerprint density at radius 3 is 2.72 bits per heavy atom. The minimum atomic E-state index is -0.368. The number of anilines is 1. The fourth-order valence-corrected chi connectivity index (χ4v) is 2.34. The largest absolute Gasteiger partial charge is 0.467 e. The molecule has 0 fully saturated rings. The highest BCUT2D eigenvalue weighted by atomic mass is 16.3. The average Bonchev–Trinajstić information content (AvgIpc) is 3.30. The summed E-state index contributed by atoms with van der Waals surface area (Å²) in [6.07, 6.45) is 3.91. The van der Waals surface area contributed by atoms with E-state index in [1.165, 1.54) is 12.5 Å². The molecule has 7 heteroatoms. The second-order valence-electron chi connectivity index (χ2n) is 5.45. The van der Waals surface area contributed by atoms with E-state index in [1.54, 1.807) is 12.1 Å². The summed E-state index contributed by atoms with van der Waals surface area (Å²) < 4.78 is 5.16. The zero-order valence-electron chi connectivity index (χ0n) is 13.5. The van der Waals surface area contributed by atoms with Crippen LogP contribution in [0.2, 0.25) is 0 Å². The maximum absolute atomic E-state index is 12.2. The fraction of sp³-hybridized carbons (Fsp3) is 0.167. The standard InChI is InChI=1S/C18H18N4O3/c23-16(9-8-13-5-2-1-3-6-13)21-15-12-20-22-17(15)18(24)19-11-14-7-4-10-25-14/h1-7,10,12H,8-9,11H2,(H,19,24)(H,20,22)(H,21,23). The van der Waals surface area contributed by atoms with Gasteiger partial charge in [0.15, 0.2) is 0 Å². The molecular formula is C18H18N4O3. The molecule has 2 aromatic heterocycles. The smallest absolute Gasteiger partial charge is 0.271 e. The number of nitrogens with zero attached hydrogens (tertiary/aromatic N) is 1. The van der Waals surface area contributed by atoms with Gasteiger partial charge in [-0.1, -0.05) is 30.3 Å². The predicted octanol–water partition coefficient (Wildman–Crippen LogP) is 2.50. The molecule has 0 saturated heterocycles. The first-order chi connectivity index (χ1) is 12.2. The number of aromatic amines is 1. The molecule has 0 aliphatic rings. The van der Waals surface area contributed by atoms with E-state index in [9.17, 15) is 9.59 Å². The molecule has 0 aliphatic carbocycles. The van der Waals surface area contributed by atoms with Crippen LogP contribution >= 0.6 is 0 Å². The third kappa shape index (κ3) is 4.57. The van der Waals surface area contributed by atoms with Gasteiger partial charge in [0.05, 0.1) is 24.7 Å². The topological polar surface area (TPSA) is 100 Å². The molecule has 7 nitrogen and oxygen atoms in total. The van der Waals surface area contributed by atoms with Gasteiger partial charge in [0.1, 0.15) is 11.5 Å². The van der Waals surface area contributed by atoms with Crippen molar-refractivity contribution in [2.24, 2.45) is 0 Å². The Bertz CT molecular complexity index is 825. The van der Waals surface area contributed by atoms with E-state index in [-0.39, 0.29) is 24.1 Å². The van der Waals surface area contributed by atoms with E-state index < -0.39 is 0 Å². The van der Waals surface area contributed by atoms with Crippen LogP contribution in [0.4, 0.5) is 5.69 Å². The van der Waals surface area contributed by atoms with Crippen molar-refractivity contribution in [3.05, 3.63) is 71.9 Å². The number of carbonyl (C=O) groups excluding carboxylic acids is 2. The monoisotopic (exact) mass is 338 g/mol. The van der Waals surface area contributed by atoms with Gasteiger partial charge in [-0.3, -0.25) is 14.7 Å². The van der Waals surface area contributed by atoms with Crippen molar-refractivity contribution >= 4 is 17.5 Å². The molecule has 128 valence electrons. The summed E-state index contributed by atoms with van der Waals surface area (Å²) in [5, 5.41) is 11.9. The number of amides is 2. The number of aryl methyl sites for hydroxylation is 1. The van der Waals surface area contributed by atoms with E-state index >= 15 is 0 Å². The zero-order valence-corrected chi connectivity index (χ0v) is 13.5. The van der Waals surface area contributed by atoms with E-state index in [1.807, 2.05) is 30.3 Å². The molecule has 3 aromatic rings. The lowest BCUT2D eigenvalue weighted by atomic mass is 10.1. The molecule has 1 aromatic carbocycles. The minimum Gasteiger partial charge on any atom is -0.467 e. The lowest BCUT2D eigenvalue weighted by molar-refractivity contribution is -0.116. The number of nitrogens with one attached hydrogen (secondary N) is 3. The Balaban J connectivity index is 1.53. The molecule has 0 aliphatic heterocycles. The van der Waals surface area contributed by atoms with E-state index in [0.717, 1.165) is 5.56 Å². The minimum absolute atomic E-state index is 0.176. The molecule has 0 unspecified atom stereocenters. The van der Waals surface area contributed by atoms with Crippen LogP contribution < -0.4 is 10.6 Å². The van der Waals surface area contributed by atoms with Crippen LogP contribution in [0.3, 0.4) is 0 Å². The lowest BCUT2D eigenvalue weighted by Crippen LogP contribution is -2.24. The first-order valence-corrected chi connectivity index (χ1v) is 7.90. The molecule has 0 atom stereocenters. The summed E-state index contributed by atoms with van der Waals surface area (Å²) in [7, 11) is 0. The van der Waals surface area contributed by atoms with Crippen molar-refractivity contribution < 1.29 is 14.0 Å². The highest BCUT2D eigenvalue weighted by Gasteiger charge is 2.16. The first-order valence-electron chi connectivity index (χ1n) is 7.90. The molecule has 0 saturated carbocycles. The Morgan fingerprint density at radius 1 is 1.12 bits per heavy atom. The number of hydrogen-bond acceptors (Lipinski definition) is 4. The first kappa shape index (κ1) is 16.5. The zero-order chi connectivity index (χ0) is 17.5. The van der Waals surface area contributed by atoms with Gasteiger partial charge < -0.3 is 15.1 Å². The van der Waals surface area contributed by atoms with Gasteiger partial charge in [-0.2, -0.15) is 5.10 Å². The highest BCUT2D eigenvalue weighted by Crippen LogP contribution is 2.13. The maximum Gasteiger partial charge on any atom is 0.271 e. The van der Waals surface area contributed by atoms with Crippen molar-refractivity contribution in [2.45, 2.75) is 19.4 Å². The predicted molar refractivity (Wildman–Crippen MR) is 91.9 cm³/mol. The molecule has 3 rings (SSSR count). The van der Waals surface area contributed by atoms with E-state index in [0.29, 0.717) is 24.3 Å². The van der Waals surface area contributed by atoms with E-state index in [4.69, 9.17) is 4.42 Å². The second kappa shape index (κ2) is 7.96. The Hall–Kier alpha value is -3.35. The highest BCUT2D eigenvalue weighted by molar-refractivity contribution is 6.02. The van der Waals surface area contributed by atoms with Gasteiger partial charge in [-0.25, -0.2) is 0 Å². The summed E-state index contributed by atoms with van der Waals surface area (Å²) in [6, 6.07) is 13.3. The molecule has 0 spiro atoms. The van der Waals surface area contributed by atoms with Crippen LogP contribution in [0.5, 0.6) is 0 Å². The second-order valence-corrected chi connectivity index (χ2v) is 5.45. The molecule has 2 amide bonds. The summed E-state index contributed by atoms with van der Waals surface area (Å²) >= 11 is 0. The Kier molecular flexibility index (Phi) is 5.26. The van der Waals surface area contributed by atoms with Crippen molar-refractivity contribution in [3.63, 3.8) is 0 Å². The average molecular weight is 338 g/mol. The third-order valence-corrected chi connectivity index (χ3v) is 3.63. The van der Waals surface area contributed by atoms with Crippen LogP contribution in [0.15, 0.2) is 59.3 Å². The van der Waals surface area contributed by atoms with Crippen molar-refractivity contribution in [1.82, 2.24) is 15.5 Å². The molecule has 0 bridgehead atoms. The van der Waals surface area contributed by atoms with Crippen molar-refractivity contribution in [2.75, 3.05) is 5.32 Å². The number of aromatic nitrogens is 2. The number of furan rings is 1. The van der Waals surface area contributed by atoms with Gasteiger partial charge in [0, 0.05) is 6.42 Å². The molecule has 0 radical (unpaired) electrons. The van der Waals surface area contributed by atoms with Crippen molar-refractivity contribution in [3.8, 4) is 0 Å². The van der Waals surface area contributed by atoms with Gasteiger partial charge in [0.2, 0.25) is 5.91 Å². The quantitative estimate of drug-likeness (QED) is 0.616. The number of benzene rings is 1. The summed E-state index contributed by atoms with van der Waals surface area (Å²) in [5.74, 6) is 0.0962. The number of H-pyrrole nitrogens is 1. The summed E-state index contributed by atoms with van der Waals surface area (Å²) in [4.78, 5) is 24.3. The third-order valence-electron chi connectivity index (χ3n) is 3.63. The lowest BCUT2D eigenvalue weighted by Gasteiger charge is -2.06. The van der Waals surface area contributed by atoms with Crippen LogP contribution in [0.1, 0.15) is 28.2 Å². The van der Waals surface area contributed by atoms with Gasteiger partial charge in [-0.15, -0.1) is 0 Å². The van der Waals surface area contributed by atoms with Gasteiger partial charge in [-0.05, 0) is 24.1 Å². The number of rotatable bonds is 7. The number of carbonyl (C=O) groups is 2. The van der Waals surface area contributed by atoms with Crippen LogP contribution in [-0.2, 0) is 17.8 Å². The normalized spacial score (nSPS) is 10.4. The molecule has 25 heavy (non-hydrogen) atoms. The number of hydrogen-bond donors (Lipinski definition) is 3. The molecule has 2 heterocycles. The van der Waals surface area contributed by atoms with Gasteiger partial charge >= 0.3 is 0 Å². The molecule has 3 N–H and O–H groups in total. The van der Waals surface area contributed by atoms with E-state index in [2.05, 4.69) is 20.8 Å². The van der Waals surface area contributed by atoms with Crippen molar-refractivity contribution in [1.29, 1.82) is 0 Å². The SMILES string of the molecule is O=C(CCc1ccccc1)Nc1cn[nH]c1C(=O)NCc1ccco1. The van der Waals surface area contributed by atoms with Crippen LogP contribution in [-0.4, -0.2) is 22.0 Å². The summed E-state index contributed by atoms with van der Waals surface area (Å²) in [5.41, 5.74) is 1.65. The van der Waals surface area contributed by atoms with Gasteiger partial charge in [0.25, 0.3) is 5.91 Å². The maximum atomic E-state index is 12.2. The van der Waals surface area contributed by atoms with Crippen LogP contribution in [0, 0.1) is 0 Å². The fourth-order valence-electron chi connectivity index (χ4n) is 2.34. The summed E-state index contributed by atoms with van der Waals surface area (Å²) in [6.45, 7) is 0.256. The van der Waals surface area contributed by atoms with Crippen LogP contribution in [0.25, 0.3) is 0 Å². The Morgan fingerprint density at radius 2 is 1.96 bits per heavy atom.